The first-order chi connectivity index (χ1) is 9.76. The Morgan fingerprint density at radius 2 is 1.76 bits per heavy atom. The summed E-state index contributed by atoms with van der Waals surface area (Å²) in [5, 5.41) is 5.74. The lowest BCUT2D eigenvalue weighted by Gasteiger charge is -2.18. The fourth-order valence-corrected chi connectivity index (χ4v) is 1.74. The molecule has 4 heteroatoms. The molecule has 2 amide bonds. The molecule has 0 aliphatic carbocycles. The van der Waals surface area contributed by atoms with Crippen LogP contribution < -0.4 is 15.4 Å². The average molecular weight is 292 g/mol. The van der Waals surface area contributed by atoms with Crippen LogP contribution >= 0.6 is 0 Å². The number of nitrogens with one attached hydrogen (secondary N) is 2. The summed E-state index contributed by atoms with van der Waals surface area (Å²) >= 11 is 0. The normalized spacial score (nSPS) is 11.3. The standard InChI is InChI=1S/C17H28N2O2/c1-13(2)21-15-8-6-14(7-9-15)10-11-18-16(20)19-12-17(3,4)5/h6-9,13H,10-12H2,1-5H3,(H2,18,19,20). The van der Waals surface area contributed by atoms with Crippen LogP contribution in [-0.4, -0.2) is 25.2 Å². The molecule has 4 nitrogen and oxygen atoms in total. The number of carbonyl (C=O) groups is 1. The predicted molar refractivity (Wildman–Crippen MR) is 86.8 cm³/mol. The zero-order chi connectivity index (χ0) is 15.9. The van der Waals surface area contributed by atoms with Crippen LogP contribution in [0.3, 0.4) is 0 Å². The van der Waals surface area contributed by atoms with E-state index in [9.17, 15) is 4.79 Å². The van der Waals surface area contributed by atoms with Gasteiger partial charge in [-0.05, 0) is 43.4 Å². The second-order valence-electron chi connectivity index (χ2n) is 6.73. The fraction of sp³-hybridized carbons (Fsp3) is 0.588. The smallest absolute Gasteiger partial charge is 0.314 e. The molecule has 0 atom stereocenters. The highest BCUT2D eigenvalue weighted by atomic mass is 16.5. The highest BCUT2D eigenvalue weighted by Crippen LogP contribution is 2.14. The van der Waals surface area contributed by atoms with E-state index in [0.29, 0.717) is 13.1 Å². The first kappa shape index (κ1) is 17.3. The van der Waals surface area contributed by atoms with E-state index in [1.807, 2.05) is 38.1 Å². The lowest BCUT2D eigenvalue weighted by atomic mass is 9.97. The Kier molecular flexibility index (Phi) is 6.53. The summed E-state index contributed by atoms with van der Waals surface area (Å²) in [5.41, 5.74) is 1.28. The summed E-state index contributed by atoms with van der Waals surface area (Å²) in [6.45, 7) is 11.6. The Labute approximate surface area is 128 Å². The van der Waals surface area contributed by atoms with E-state index in [0.717, 1.165) is 12.2 Å². The van der Waals surface area contributed by atoms with Gasteiger partial charge in [0.1, 0.15) is 5.75 Å². The van der Waals surface area contributed by atoms with Gasteiger partial charge in [-0.3, -0.25) is 0 Å². The molecule has 0 spiro atoms. The number of benzene rings is 1. The lowest BCUT2D eigenvalue weighted by molar-refractivity contribution is 0.235. The molecule has 21 heavy (non-hydrogen) atoms. The molecule has 0 heterocycles. The quantitative estimate of drug-likeness (QED) is 0.844. The maximum Gasteiger partial charge on any atom is 0.314 e. The van der Waals surface area contributed by atoms with Gasteiger partial charge in [0.05, 0.1) is 6.10 Å². The molecular weight excluding hydrogens is 264 g/mol. The molecule has 1 aromatic rings. The molecule has 0 unspecified atom stereocenters. The minimum absolute atomic E-state index is 0.101. The number of hydrogen-bond acceptors (Lipinski definition) is 2. The Hall–Kier alpha value is -1.71. The van der Waals surface area contributed by atoms with Crippen molar-refractivity contribution in [2.45, 2.75) is 47.1 Å². The minimum atomic E-state index is -0.107. The first-order valence-electron chi connectivity index (χ1n) is 7.53. The van der Waals surface area contributed by atoms with Gasteiger partial charge in [0.15, 0.2) is 0 Å². The monoisotopic (exact) mass is 292 g/mol. The van der Waals surface area contributed by atoms with Gasteiger partial charge < -0.3 is 15.4 Å². The summed E-state index contributed by atoms with van der Waals surface area (Å²) in [4.78, 5) is 11.6. The molecule has 2 N–H and O–H groups in total. The third-order valence-corrected chi connectivity index (χ3v) is 2.77. The molecule has 0 radical (unpaired) electrons. The Bertz CT molecular complexity index is 433. The van der Waals surface area contributed by atoms with Crippen molar-refractivity contribution >= 4 is 6.03 Å². The average Bonchev–Trinajstić information content (AvgIpc) is 2.37. The van der Waals surface area contributed by atoms with E-state index in [2.05, 4.69) is 31.4 Å². The number of carbonyl (C=O) groups excluding carboxylic acids is 1. The Morgan fingerprint density at radius 1 is 1.14 bits per heavy atom. The summed E-state index contributed by atoms with van der Waals surface area (Å²) < 4.78 is 5.60. The van der Waals surface area contributed by atoms with Gasteiger partial charge in [-0.15, -0.1) is 0 Å². The van der Waals surface area contributed by atoms with Crippen molar-refractivity contribution < 1.29 is 9.53 Å². The van der Waals surface area contributed by atoms with Crippen molar-refractivity contribution in [2.24, 2.45) is 5.41 Å². The van der Waals surface area contributed by atoms with Crippen molar-refractivity contribution in [1.29, 1.82) is 0 Å². The molecule has 1 rings (SSSR count). The number of urea groups is 1. The predicted octanol–water partition coefficient (Wildman–Crippen LogP) is 3.36. The van der Waals surface area contributed by atoms with E-state index in [1.54, 1.807) is 0 Å². The zero-order valence-corrected chi connectivity index (χ0v) is 13.8. The van der Waals surface area contributed by atoms with Crippen molar-refractivity contribution in [1.82, 2.24) is 10.6 Å². The highest BCUT2D eigenvalue weighted by Gasteiger charge is 2.11. The van der Waals surface area contributed by atoms with Crippen LogP contribution in [0.4, 0.5) is 4.79 Å². The lowest BCUT2D eigenvalue weighted by Crippen LogP contribution is -2.40. The number of amides is 2. The van der Waals surface area contributed by atoms with Gasteiger partial charge in [-0.2, -0.15) is 0 Å². The van der Waals surface area contributed by atoms with E-state index < -0.39 is 0 Å². The summed E-state index contributed by atoms with van der Waals surface area (Å²) in [6.07, 6.45) is 0.995. The number of hydrogen-bond donors (Lipinski definition) is 2. The largest absolute Gasteiger partial charge is 0.491 e. The first-order valence-corrected chi connectivity index (χ1v) is 7.53. The summed E-state index contributed by atoms with van der Waals surface area (Å²) in [5.74, 6) is 0.879. The van der Waals surface area contributed by atoms with E-state index >= 15 is 0 Å². The molecule has 0 aliphatic rings. The molecule has 0 fully saturated rings. The van der Waals surface area contributed by atoms with Crippen molar-refractivity contribution in [2.75, 3.05) is 13.1 Å². The molecule has 0 aromatic heterocycles. The molecule has 118 valence electrons. The molecule has 0 saturated carbocycles. The van der Waals surface area contributed by atoms with Gasteiger partial charge in [-0.1, -0.05) is 32.9 Å². The van der Waals surface area contributed by atoms with Crippen molar-refractivity contribution in [3.63, 3.8) is 0 Å². The van der Waals surface area contributed by atoms with E-state index in [4.69, 9.17) is 4.74 Å². The minimum Gasteiger partial charge on any atom is -0.491 e. The SMILES string of the molecule is CC(C)Oc1ccc(CCNC(=O)NCC(C)(C)C)cc1. The maximum absolute atomic E-state index is 11.6. The van der Waals surface area contributed by atoms with Gasteiger partial charge in [-0.25, -0.2) is 4.79 Å². The molecule has 0 aliphatic heterocycles. The van der Waals surface area contributed by atoms with Gasteiger partial charge >= 0.3 is 6.03 Å². The number of ether oxygens (including phenoxy) is 1. The van der Waals surface area contributed by atoms with Crippen LogP contribution in [0.15, 0.2) is 24.3 Å². The highest BCUT2D eigenvalue weighted by molar-refractivity contribution is 5.73. The molecule has 0 bridgehead atoms. The molecule has 1 aromatic carbocycles. The zero-order valence-electron chi connectivity index (χ0n) is 13.8. The van der Waals surface area contributed by atoms with Crippen LogP contribution in [0.2, 0.25) is 0 Å². The van der Waals surface area contributed by atoms with Crippen LogP contribution in [0.1, 0.15) is 40.2 Å². The van der Waals surface area contributed by atoms with Gasteiger partial charge in [0.2, 0.25) is 0 Å². The van der Waals surface area contributed by atoms with E-state index in [1.165, 1.54) is 5.56 Å². The van der Waals surface area contributed by atoms with Crippen molar-refractivity contribution in [3.8, 4) is 5.75 Å². The second-order valence-corrected chi connectivity index (χ2v) is 6.73. The van der Waals surface area contributed by atoms with Gasteiger partial charge in [0, 0.05) is 13.1 Å². The van der Waals surface area contributed by atoms with Crippen LogP contribution in [-0.2, 0) is 6.42 Å². The Balaban J connectivity index is 2.27. The topological polar surface area (TPSA) is 50.4 Å². The second kappa shape index (κ2) is 7.91. The van der Waals surface area contributed by atoms with Crippen LogP contribution in [0.25, 0.3) is 0 Å². The third-order valence-electron chi connectivity index (χ3n) is 2.77. The number of rotatable bonds is 6. The molecular formula is C17H28N2O2. The van der Waals surface area contributed by atoms with Crippen molar-refractivity contribution in [3.05, 3.63) is 29.8 Å². The van der Waals surface area contributed by atoms with Gasteiger partial charge in [0.25, 0.3) is 0 Å². The maximum atomic E-state index is 11.6. The van der Waals surface area contributed by atoms with Crippen LogP contribution in [0, 0.1) is 5.41 Å². The van der Waals surface area contributed by atoms with Crippen LogP contribution in [0.5, 0.6) is 5.75 Å². The van der Waals surface area contributed by atoms with E-state index in [-0.39, 0.29) is 17.6 Å². The summed E-state index contributed by atoms with van der Waals surface area (Å²) in [7, 11) is 0. The summed E-state index contributed by atoms with van der Waals surface area (Å²) in [6, 6.07) is 7.90. The Morgan fingerprint density at radius 3 is 2.29 bits per heavy atom. The fourth-order valence-electron chi connectivity index (χ4n) is 1.74. The molecule has 0 saturated heterocycles. The third kappa shape index (κ3) is 8.23.